The Morgan fingerprint density at radius 2 is 1.56 bits per heavy atom. The summed E-state index contributed by atoms with van der Waals surface area (Å²) in [4.78, 5) is 4.94. The quantitative estimate of drug-likeness (QED) is 0.318. The molecule has 0 aliphatic rings. The Balaban J connectivity index is 1.84. The highest BCUT2D eigenvalue weighted by molar-refractivity contribution is 7.90. The highest BCUT2D eigenvalue weighted by Crippen LogP contribution is 2.41. The van der Waals surface area contributed by atoms with Crippen LogP contribution >= 0.6 is 23.2 Å². The van der Waals surface area contributed by atoms with Gasteiger partial charge in [-0.2, -0.15) is 0 Å². The topological polar surface area (TPSA) is 69.4 Å². The highest BCUT2D eigenvalue weighted by atomic mass is 35.5. The molecule has 0 radical (unpaired) electrons. The summed E-state index contributed by atoms with van der Waals surface area (Å²) in [5.74, 6) is 1.37. The molecule has 0 aliphatic carbocycles. The SMILES string of the molecule is COc1c(Cl)cc(-c2oc(Cc3ccccc3)nc2-c2ccc(S(C)(=O)=O)cc2)cc1Cl. The van der Waals surface area contributed by atoms with Gasteiger partial charge in [-0.3, -0.25) is 0 Å². The van der Waals surface area contributed by atoms with Crippen LogP contribution in [0.25, 0.3) is 22.6 Å². The van der Waals surface area contributed by atoms with Gasteiger partial charge in [0.15, 0.2) is 27.2 Å². The second kappa shape index (κ2) is 8.98. The van der Waals surface area contributed by atoms with E-state index in [0.29, 0.717) is 50.7 Å². The molecular formula is C24H19Cl2NO4S. The van der Waals surface area contributed by atoms with E-state index in [1.807, 2.05) is 30.3 Å². The number of sulfone groups is 1. The lowest BCUT2D eigenvalue weighted by atomic mass is 10.1. The van der Waals surface area contributed by atoms with Crippen LogP contribution in [0.2, 0.25) is 10.0 Å². The predicted molar refractivity (Wildman–Crippen MR) is 126 cm³/mol. The first-order valence-corrected chi connectivity index (χ1v) is 12.3. The number of oxazole rings is 1. The first-order chi connectivity index (χ1) is 15.3. The zero-order valence-corrected chi connectivity index (χ0v) is 19.6. The summed E-state index contributed by atoms with van der Waals surface area (Å²) in [6.07, 6.45) is 1.66. The number of ether oxygens (including phenoxy) is 1. The van der Waals surface area contributed by atoms with Crippen molar-refractivity contribution in [2.75, 3.05) is 13.4 Å². The van der Waals surface area contributed by atoms with Crippen LogP contribution in [-0.4, -0.2) is 26.8 Å². The molecule has 0 amide bonds. The van der Waals surface area contributed by atoms with E-state index >= 15 is 0 Å². The van der Waals surface area contributed by atoms with Gasteiger partial charge in [0, 0.05) is 23.8 Å². The van der Waals surface area contributed by atoms with E-state index < -0.39 is 9.84 Å². The normalized spacial score (nSPS) is 11.5. The Morgan fingerprint density at radius 1 is 0.938 bits per heavy atom. The molecule has 0 N–H and O–H groups in total. The third-order valence-corrected chi connectivity index (χ3v) is 6.58. The van der Waals surface area contributed by atoms with Crippen LogP contribution in [0.3, 0.4) is 0 Å². The Morgan fingerprint density at radius 3 is 2.12 bits per heavy atom. The molecule has 0 atom stereocenters. The summed E-state index contributed by atoms with van der Waals surface area (Å²) in [7, 11) is -1.82. The molecule has 8 heteroatoms. The van der Waals surface area contributed by atoms with Gasteiger partial charge < -0.3 is 9.15 Å². The third-order valence-electron chi connectivity index (χ3n) is 4.89. The average molecular weight is 488 g/mol. The second-order valence-corrected chi connectivity index (χ2v) is 10.0. The number of hydrogen-bond donors (Lipinski definition) is 0. The van der Waals surface area contributed by atoms with Crippen LogP contribution in [0.15, 0.2) is 76.0 Å². The van der Waals surface area contributed by atoms with Crippen molar-refractivity contribution in [2.45, 2.75) is 11.3 Å². The second-order valence-electron chi connectivity index (χ2n) is 7.22. The third kappa shape index (κ3) is 4.67. The van der Waals surface area contributed by atoms with Crippen molar-refractivity contribution in [2.24, 2.45) is 0 Å². The molecule has 5 nitrogen and oxygen atoms in total. The van der Waals surface area contributed by atoms with Crippen molar-refractivity contribution in [1.29, 1.82) is 0 Å². The number of benzene rings is 3. The smallest absolute Gasteiger partial charge is 0.199 e. The molecule has 164 valence electrons. The van der Waals surface area contributed by atoms with Gasteiger partial charge in [-0.15, -0.1) is 0 Å². The van der Waals surface area contributed by atoms with Crippen LogP contribution in [0, 0.1) is 0 Å². The molecule has 0 aliphatic heterocycles. The Labute approximate surface area is 196 Å². The fourth-order valence-corrected chi connectivity index (χ4v) is 4.62. The summed E-state index contributed by atoms with van der Waals surface area (Å²) < 4.78 is 35.1. The van der Waals surface area contributed by atoms with Crippen molar-refractivity contribution < 1.29 is 17.6 Å². The van der Waals surface area contributed by atoms with Gasteiger partial charge >= 0.3 is 0 Å². The maximum Gasteiger partial charge on any atom is 0.199 e. The Hall–Kier alpha value is -2.80. The van der Waals surface area contributed by atoms with E-state index in [1.165, 1.54) is 13.4 Å². The van der Waals surface area contributed by atoms with E-state index in [9.17, 15) is 8.42 Å². The van der Waals surface area contributed by atoms with Gasteiger partial charge in [0.05, 0.1) is 22.1 Å². The fraction of sp³-hybridized carbons (Fsp3) is 0.125. The minimum atomic E-state index is -3.31. The number of methoxy groups -OCH3 is 1. The van der Waals surface area contributed by atoms with E-state index in [1.54, 1.807) is 36.4 Å². The molecule has 4 rings (SSSR count). The standard InChI is InChI=1S/C24H19Cl2NO4S/c1-30-24-19(25)13-17(14-20(24)26)23-22(16-8-10-18(11-9-16)32(2,28)29)27-21(31-23)12-15-6-4-3-5-7-15/h3-11,13-14H,12H2,1-2H3. The molecule has 0 spiro atoms. The number of halogens is 2. The molecule has 32 heavy (non-hydrogen) atoms. The molecule has 0 saturated carbocycles. The first-order valence-electron chi connectivity index (χ1n) is 9.64. The molecule has 0 bridgehead atoms. The highest BCUT2D eigenvalue weighted by Gasteiger charge is 2.20. The van der Waals surface area contributed by atoms with Gasteiger partial charge in [-0.05, 0) is 29.8 Å². The van der Waals surface area contributed by atoms with Gasteiger partial charge in [-0.25, -0.2) is 13.4 Å². The molecule has 0 unspecified atom stereocenters. The van der Waals surface area contributed by atoms with Gasteiger partial charge in [0.25, 0.3) is 0 Å². The lowest BCUT2D eigenvalue weighted by molar-refractivity contribution is 0.415. The maximum atomic E-state index is 11.8. The molecule has 0 fully saturated rings. The number of aromatic nitrogens is 1. The van der Waals surface area contributed by atoms with Gasteiger partial charge in [-0.1, -0.05) is 65.7 Å². The number of rotatable bonds is 6. The van der Waals surface area contributed by atoms with Crippen LogP contribution in [-0.2, 0) is 16.3 Å². The zero-order valence-electron chi connectivity index (χ0n) is 17.3. The Bertz CT molecular complexity index is 1340. The van der Waals surface area contributed by atoms with Crippen LogP contribution in [0.1, 0.15) is 11.5 Å². The molecule has 1 aromatic heterocycles. The first kappa shape index (κ1) is 22.4. The lowest BCUT2D eigenvalue weighted by Crippen LogP contribution is -1.96. The van der Waals surface area contributed by atoms with E-state index in [4.69, 9.17) is 37.3 Å². The minimum absolute atomic E-state index is 0.228. The monoisotopic (exact) mass is 487 g/mol. The van der Waals surface area contributed by atoms with Crippen molar-refractivity contribution in [1.82, 2.24) is 4.98 Å². The fourth-order valence-electron chi connectivity index (χ4n) is 3.35. The van der Waals surface area contributed by atoms with Crippen molar-refractivity contribution in [3.63, 3.8) is 0 Å². The molecular weight excluding hydrogens is 469 g/mol. The maximum absolute atomic E-state index is 11.8. The summed E-state index contributed by atoms with van der Waals surface area (Å²) in [6, 6.07) is 19.7. The van der Waals surface area contributed by atoms with Crippen molar-refractivity contribution >= 4 is 33.0 Å². The minimum Gasteiger partial charge on any atom is -0.494 e. The van der Waals surface area contributed by atoms with Crippen LogP contribution < -0.4 is 4.74 Å². The molecule has 1 heterocycles. The predicted octanol–water partition coefficient (Wildman–Crippen LogP) is 6.32. The molecule has 0 saturated heterocycles. The summed E-state index contributed by atoms with van der Waals surface area (Å²) in [6.45, 7) is 0. The molecule has 4 aromatic rings. The largest absolute Gasteiger partial charge is 0.494 e. The van der Waals surface area contributed by atoms with Crippen LogP contribution in [0.5, 0.6) is 5.75 Å². The van der Waals surface area contributed by atoms with Gasteiger partial charge in [0.2, 0.25) is 0 Å². The van der Waals surface area contributed by atoms with Crippen molar-refractivity contribution in [3.05, 3.63) is 88.2 Å². The van der Waals surface area contributed by atoms with E-state index in [0.717, 1.165) is 5.56 Å². The average Bonchev–Trinajstić information content (AvgIpc) is 3.17. The van der Waals surface area contributed by atoms with Crippen molar-refractivity contribution in [3.8, 4) is 28.3 Å². The van der Waals surface area contributed by atoms with E-state index in [-0.39, 0.29) is 4.90 Å². The lowest BCUT2D eigenvalue weighted by Gasteiger charge is -2.08. The summed E-state index contributed by atoms with van der Waals surface area (Å²) in [5, 5.41) is 0.684. The Kier molecular flexibility index (Phi) is 6.29. The van der Waals surface area contributed by atoms with Gasteiger partial charge in [0.1, 0.15) is 5.69 Å². The number of hydrogen-bond acceptors (Lipinski definition) is 5. The summed E-state index contributed by atoms with van der Waals surface area (Å²) in [5.41, 5.74) is 2.95. The van der Waals surface area contributed by atoms with E-state index in [2.05, 4.69) is 0 Å². The summed E-state index contributed by atoms with van der Waals surface area (Å²) >= 11 is 12.7. The molecule has 3 aromatic carbocycles. The van der Waals surface area contributed by atoms with Crippen LogP contribution in [0.4, 0.5) is 0 Å². The number of nitrogens with zero attached hydrogens (tertiary/aromatic N) is 1. The zero-order chi connectivity index (χ0) is 22.9.